The third-order valence-corrected chi connectivity index (χ3v) is 5.32. The van der Waals surface area contributed by atoms with Crippen LogP contribution in [-0.2, 0) is 11.2 Å². The van der Waals surface area contributed by atoms with E-state index in [1.165, 1.54) is 0 Å². The summed E-state index contributed by atoms with van der Waals surface area (Å²) in [5, 5.41) is 10.1. The van der Waals surface area contributed by atoms with Gasteiger partial charge < -0.3 is 14.6 Å². The maximum Gasteiger partial charge on any atom is 0.254 e. The number of aromatic nitrogens is 2. The molecule has 1 saturated heterocycles. The van der Waals surface area contributed by atoms with Crippen molar-refractivity contribution in [1.29, 1.82) is 0 Å². The molecule has 2 aromatic rings. The molecular weight excluding hydrogens is 344 g/mol. The Kier molecular flexibility index (Phi) is 5.68. The average Bonchev–Trinajstić information content (AvgIpc) is 3.15. The highest BCUT2D eigenvalue weighted by molar-refractivity contribution is 5.95. The zero-order valence-corrected chi connectivity index (χ0v) is 16.5. The topological polar surface area (TPSA) is 91.2 Å². The Bertz CT molecular complexity index is 817. The number of nitrogens with one attached hydrogen (secondary N) is 2. The summed E-state index contributed by atoms with van der Waals surface area (Å²) in [5.41, 5.74) is 3.41. The fraction of sp³-hybridized carbons (Fsp3) is 0.550. The Balaban J connectivity index is 1.54. The Labute approximate surface area is 159 Å². The van der Waals surface area contributed by atoms with E-state index in [9.17, 15) is 9.59 Å². The fourth-order valence-electron chi connectivity index (χ4n) is 3.74. The lowest BCUT2D eigenvalue weighted by Gasteiger charge is -2.33. The molecule has 3 rings (SSSR count). The molecule has 2 amide bonds. The molecule has 0 aliphatic carbocycles. The summed E-state index contributed by atoms with van der Waals surface area (Å²) in [7, 11) is 0. The number of hydrogen-bond acceptors (Lipinski definition) is 4. The minimum atomic E-state index is -0.113. The third-order valence-electron chi connectivity index (χ3n) is 5.32. The molecule has 1 unspecified atom stereocenters. The molecule has 0 saturated carbocycles. The number of rotatable bonds is 5. The van der Waals surface area contributed by atoms with E-state index in [1.54, 1.807) is 13.0 Å². The Hall–Kier alpha value is -2.57. The van der Waals surface area contributed by atoms with Crippen LogP contribution in [0.1, 0.15) is 51.7 Å². The summed E-state index contributed by atoms with van der Waals surface area (Å²) in [6.45, 7) is 9.51. The molecule has 0 aromatic carbocycles. The van der Waals surface area contributed by atoms with Gasteiger partial charge in [-0.25, -0.2) is 0 Å². The van der Waals surface area contributed by atoms with E-state index in [4.69, 9.17) is 4.42 Å². The maximum absolute atomic E-state index is 12.7. The number of amides is 2. The number of aromatic amines is 1. The lowest BCUT2D eigenvalue weighted by atomic mass is 9.97. The van der Waals surface area contributed by atoms with E-state index >= 15 is 0 Å². The summed E-state index contributed by atoms with van der Waals surface area (Å²) in [4.78, 5) is 27.0. The molecule has 0 spiro atoms. The minimum Gasteiger partial charge on any atom is -0.466 e. The van der Waals surface area contributed by atoms with Crippen molar-refractivity contribution in [3.8, 4) is 0 Å². The molecule has 27 heavy (non-hydrogen) atoms. The van der Waals surface area contributed by atoms with Crippen LogP contribution in [0.2, 0.25) is 0 Å². The lowest BCUT2D eigenvalue weighted by molar-refractivity contribution is -0.132. The maximum atomic E-state index is 12.7. The van der Waals surface area contributed by atoms with Gasteiger partial charge in [-0.2, -0.15) is 5.10 Å². The largest absolute Gasteiger partial charge is 0.466 e. The van der Waals surface area contributed by atoms with Crippen LogP contribution < -0.4 is 5.32 Å². The van der Waals surface area contributed by atoms with E-state index < -0.39 is 0 Å². The normalized spacial score (nSPS) is 17.2. The molecule has 7 heteroatoms. The van der Waals surface area contributed by atoms with Gasteiger partial charge in [0, 0.05) is 30.9 Å². The molecule has 1 atom stereocenters. The second kappa shape index (κ2) is 7.98. The van der Waals surface area contributed by atoms with Crippen LogP contribution in [0.4, 0.5) is 0 Å². The molecule has 1 aliphatic heterocycles. The van der Waals surface area contributed by atoms with Gasteiger partial charge in [-0.3, -0.25) is 14.7 Å². The van der Waals surface area contributed by atoms with Crippen LogP contribution in [0.3, 0.4) is 0 Å². The molecular formula is C20H28N4O3. The van der Waals surface area contributed by atoms with Crippen molar-refractivity contribution in [3.63, 3.8) is 0 Å². The molecule has 1 aliphatic rings. The Morgan fingerprint density at radius 2 is 2.11 bits per heavy atom. The SMILES string of the molecule is Cc1cc(C(=O)NCC2CCCN(C(=O)Cc3c(C)n[nH]c3C)C2)c(C)o1. The Morgan fingerprint density at radius 1 is 1.33 bits per heavy atom. The monoisotopic (exact) mass is 372 g/mol. The van der Waals surface area contributed by atoms with E-state index in [2.05, 4.69) is 15.5 Å². The molecule has 0 radical (unpaired) electrons. The van der Waals surface area contributed by atoms with Gasteiger partial charge in [-0.05, 0) is 52.5 Å². The first kappa shape index (κ1) is 19.2. The van der Waals surface area contributed by atoms with Gasteiger partial charge in [0.1, 0.15) is 11.5 Å². The van der Waals surface area contributed by atoms with Gasteiger partial charge >= 0.3 is 0 Å². The highest BCUT2D eigenvalue weighted by atomic mass is 16.3. The van der Waals surface area contributed by atoms with Gasteiger partial charge in [-0.15, -0.1) is 0 Å². The van der Waals surface area contributed by atoms with Crippen LogP contribution in [0.25, 0.3) is 0 Å². The van der Waals surface area contributed by atoms with Crippen molar-refractivity contribution >= 4 is 11.8 Å². The van der Waals surface area contributed by atoms with Crippen LogP contribution in [0, 0.1) is 33.6 Å². The van der Waals surface area contributed by atoms with Gasteiger partial charge in [-0.1, -0.05) is 0 Å². The number of piperidine rings is 1. The smallest absolute Gasteiger partial charge is 0.254 e. The van der Waals surface area contributed by atoms with Gasteiger partial charge in [0.2, 0.25) is 5.91 Å². The molecule has 2 N–H and O–H groups in total. The van der Waals surface area contributed by atoms with Crippen LogP contribution >= 0.6 is 0 Å². The number of aryl methyl sites for hydroxylation is 4. The number of furan rings is 1. The summed E-state index contributed by atoms with van der Waals surface area (Å²) in [6, 6.07) is 1.76. The zero-order valence-electron chi connectivity index (χ0n) is 16.5. The average molecular weight is 372 g/mol. The van der Waals surface area contributed by atoms with Gasteiger partial charge in [0.05, 0.1) is 17.7 Å². The predicted molar refractivity (Wildman–Crippen MR) is 102 cm³/mol. The van der Waals surface area contributed by atoms with Crippen molar-refractivity contribution in [2.75, 3.05) is 19.6 Å². The van der Waals surface area contributed by atoms with Crippen molar-refractivity contribution in [2.24, 2.45) is 5.92 Å². The van der Waals surface area contributed by atoms with Crippen molar-refractivity contribution in [1.82, 2.24) is 20.4 Å². The van der Waals surface area contributed by atoms with E-state index in [0.717, 1.165) is 42.1 Å². The van der Waals surface area contributed by atoms with E-state index in [1.807, 2.05) is 25.7 Å². The van der Waals surface area contributed by atoms with Crippen molar-refractivity contribution < 1.29 is 14.0 Å². The van der Waals surface area contributed by atoms with Crippen molar-refractivity contribution in [3.05, 3.63) is 40.1 Å². The molecule has 7 nitrogen and oxygen atoms in total. The van der Waals surface area contributed by atoms with Crippen LogP contribution in [0.5, 0.6) is 0 Å². The summed E-state index contributed by atoms with van der Waals surface area (Å²) < 4.78 is 5.42. The van der Waals surface area contributed by atoms with Crippen LogP contribution in [0.15, 0.2) is 10.5 Å². The Morgan fingerprint density at radius 3 is 2.74 bits per heavy atom. The fourth-order valence-corrected chi connectivity index (χ4v) is 3.74. The first-order valence-corrected chi connectivity index (χ1v) is 9.48. The summed E-state index contributed by atoms with van der Waals surface area (Å²) in [6.07, 6.45) is 2.34. The third kappa shape index (κ3) is 4.40. The highest BCUT2D eigenvalue weighted by Gasteiger charge is 2.25. The first-order chi connectivity index (χ1) is 12.8. The van der Waals surface area contributed by atoms with Crippen LogP contribution in [-0.4, -0.2) is 46.5 Å². The number of H-pyrrole nitrogens is 1. The number of hydrogen-bond donors (Lipinski definition) is 2. The first-order valence-electron chi connectivity index (χ1n) is 9.48. The minimum absolute atomic E-state index is 0.113. The predicted octanol–water partition coefficient (Wildman–Crippen LogP) is 2.45. The molecule has 146 valence electrons. The van der Waals surface area contributed by atoms with E-state index in [0.29, 0.717) is 30.8 Å². The molecule has 2 aromatic heterocycles. The van der Waals surface area contributed by atoms with Gasteiger partial charge in [0.25, 0.3) is 5.91 Å². The molecule has 3 heterocycles. The quantitative estimate of drug-likeness (QED) is 0.843. The second-order valence-corrected chi connectivity index (χ2v) is 7.47. The summed E-state index contributed by atoms with van der Waals surface area (Å²) in [5.74, 6) is 1.65. The number of carbonyl (C=O) groups excluding carboxylic acids is 2. The van der Waals surface area contributed by atoms with Crippen molar-refractivity contribution in [2.45, 2.75) is 47.0 Å². The summed E-state index contributed by atoms with van der Waals surface area (Å²) >= 11 is 0. The lowest BCUT2D eigenvalue weighted by Crippen LogP contribution is -2.44. The van der Waals surface area contributed by atoms with Gasteiger partial charge in [0.15, 0.2) is 0 Å². The number of nitrogens with zero attached hydrogens (tertiary/aromatic N) is 2. The zero-order chi connectivity index (χ0) is 19.6. The number of likely N-dealkylation sites (tertiary alicyclic amines) is 1. The molecule has 0 bridgehead atoms. The standard InChI is InChI=1S/C20H28N4O3/c1-12-8-18(15(4)27-12)20(26)21-10-16-6-5-7-24(11-16)19(25)9-17-13(2)22-23-14(17)3/h8,16H,5-7,9-11H2,1-4H3,(H,21,26)(H,22,23). The number of carbonyl (C=O) groups is 2. The second-order valence-electron chi connectivity index (χ2n) is 7.47. The molecule has 1 fully saturated rings. The highest BCUT2D eigenvalue weighted by Crippen LogP contribution is 2.19. The van der Waals surface area contributed by atoms with E-state index in [-0.39, 0.29) is 17.7 Å².